The van der Waals surface area contributed by atoms with Crippen molar-refractivity contribution in [3.8, 4) is 0 Å². The molecule has 20 heavy (non-hydrogen) atoms. The zero-order valence-electron chi connectivity index (χ0n) is 13.2. The highest BCUT2D eigenvalue weighted by atomic mass is 16.5. The van der Waals surface area contributed by atoms with Gasteiger partial charge in [0.15, 0.2) is 0 Å². The van der Waals surface area contributed by atoms with Crippen LogP contribution in [-0.4, -0.2) is 63.9 Å². The van der Waals surface area contributed by atoms with Gasteiger partial charge in [-0.15, -0.1) is 0 Å². The van der Waals surface area contributed by atoms with Crippen LogP contribution in [0.2, 0.25) is 0 Å². The van der Waals surface area contributed by atoms with Crippen LogP contribution in [0.5, 0.6) is 0 Å². The molecule has 0 saturated carbocycles. The number of hydrogen-bond donors (Lipinski definition) is 2. The molecule has 1 unspecified atom stereocenters. The minimum atomic E-state index is 0.237. The Bertz CT molecular complexity index is 181. The number of rotatable bonds is 16. The molecule has 0 aromatic carbocycles. The lowest BCUT2D eigenvalue weighted by Crippen LogP contribution is -2.32. The van der Waals surface area contributed by atoms with Gasteiger partial charge in [-0.1, -0.05) is 20.3 Å². The maximum atomic E-state index is 8.86. The van der Waals surface area contributed by atoms with Gasteiger partial charge in [-0.2, -0.15) is 0 Å². The molecule has 0 spiro atoms. The molecular formula is C15H33NO4. The van der Waals surface area contributed by atoms with Gasteiger partial charge >= 0.3 is 0 Å². The highest BCUT2D eigenvalue weighted by Gasteiger charge is 2.03. The average Bonchev–Trinajstić information content (AvgIpc) is 2.47. The van der Waals surface area contributed by atoms with Gasteiger partial charge in [-0.25, -0.2) is 0 Å². The maximum Gasteiger partial charge on any atom is 0.0701 e. The van der Waals surface area contributed by atoms with Crippen LogP contribution in [0.3, 0.4) is 0 Å². The van der Waals surface area contributed by atoms with Crippen molar-refractivity contribution in [3.05, 3.63) is 0 Å². The Morgan fingerprint density at radius 2 is 1.50 bits per heavy atom. The normalized spacial score (nSPS) is 12.8. The molecule has 0 bridgehead atoms. The standard InChI is InChI=1S/C15H33NO4/c1-3-5-9-18-11-13-20-14-12-19-10-7-16-15(4-2)6-8-17/h15-17H,3-14H2,1-2H3. The fourth-order valence-electron chi connectivity index (χ4n) is 1.73. The third kappa shape index (κ3) is 14.2. The second-order valence-corrected chi connectivity index (χ2v) is 4.76. The molecule has 0 saturated heterocycles. The molecule has 5 heteroatoms. The van der Waals surface area contributed by atoms with Crippen molar-refractivity contribution in [2.24, 2.45) is 0 Å². The molecule has 0 rings (SSSR count). The molecule has 5 nitrogen and oxygen atoms in total. The number of hydrogen-bond acceptors (Lipinski definition) is 5. The highest BCUT2D eigenvalue weighted by Crippen LogP contribution is 1.95. The number of aliphatic hydroxyl groups excluding tert-OH is 1. The maximum absolute atomic E-state index is 8.86. The van der Waals surface area contributed by atoms with E-state index in [1.165, 1.54) is 6.42 Å². The molecule has 1 atom stereocenters. The summed E-state index contributed by atoms with van der Waals surface area (Å²) in [6.45, 7) is 9.37. The van der Waals surface area contributed by atoms with E-state index in [-0.39, 0.29) is 6.61 Å². The molecule has 0 aliphatic carbocycles. The summed E-state index contributed by atoms with van der Waals surface area (Å²) < 4.78 is 16.2. The zero-order valence-corrected chi connectivity index (χ0v) is 13.2. The average molecular weight is 291 g/mol. The zero-order chi connectivity index (χ0) is 14.9. The van der Waals surface area contributed by atoms with Gasteiger partial charge in [0.25, 0.3) is 0 Å². The van der Waals surface area contributed by atoms with Gasteiger partial charge < -0.3 is 24.6 Å². The van der Waals surface area contributed by atoms with E-state index in [9.17, 15) is 0 Å². The summed E-state index contributed by atoms with van der Waals surface area (Å²) in [6.07, 6.45) is 4.12. The molecule has 0 heterocycles. The van der Waals surface area contributed by atoms with Gasteiger partial charge in [0.05, 0.1) is 33.0 Å². The summed E-state index contributed by atoms with van der Waals surface area (Å²) in [5.41, 5.74) is 0. The van der Waals surface area contributed by atoms with Crippen LogP contribution in [0, 0.1) is 0 Å². The quantitative estimate of drug-likeness (QED) is 0.423. The SMILES string of the molecule is CCCCOCCOCCOCCNC(CC)CCO. The topological polar surface area (TPSA) is 60.0 Å². The predicted molar refractivity (Wildman–Crippen MR) is 81.1 cm³/mol. The summed E-state index contributed by atoms with van der Waals surface area (Å²) in [4.78, 5) is 0. The van der Waals surface area contributed by atoms with Crippen LogP contribution in [0.4, 0.5) is 0 Å². The van der Waals surface area contributed by atoms with E-state index < -0.39 is 0 Å². The van der Waals surface area contributed by atoms with E-state index in [2.05, 4.69) is 19.2 Å². The Labute approximate surface area is 124 Å². The summed E-state index contributed by atoms with van der Waals surface area (Å²) in [6, 6.07) is 0.389. The first-order chi connectivity index (χ1) is 9.85. The van der Waals surface area contributed by atoms with Crippen LogP contribution in [-0.2, 0) is 14.2 Å². The monoisotopic (exact) mass is 291 g/mol. The Morgan fingerprint density at radius 3 is 2.05 bits per heavy atom. The lowest BCUT2D eigenvalue weighted by molar-refractivity contribution is 0.0143. The molecule has 0 aromatic rings. The van der Waals surface area contributed by atoms with Crippen molar-refractivity contribution in [1.29, 1.82) is 0 Å². The molecule has 0 fully saturated rings. The second-order valence-electron chi connectivity index (χ2n) is 4.76. The van der Waals surface area contributed by atoms with Gasteiger partial charge in [0.1, 0.15) is 0 Å². The fourth-order valence-corrected chi connectivity index (χ4v) is 1.73. The smallest absolute Gasteiger partial charge is 0.0701 e. The Balaban J connectivity index is 3.09. The molecule has 0 aromatic heterocycles. The van der Waals surface area contributed by atoms with Crippen LogP contribution in [0.1, 0.15) is 39.5 Å². The minimum absolute atomic E-state index is 0.237. The second kappa shape index (κ2) is 16.9. The van der Waals surface area contributed by atoms with E-state index in [1.54, 1.807) is 0 Å². The van der Waals surface area contributed by atoms with E-state index >= 15 is 0 Å². The summed E-state index contributed by atoms with van der Waals surface area (Å²) in [5, 5.41) is 12.2. The van der Waals surface area contributed by atoms with Gasteiger partial charge in [-0.05, 0) is 19.3 Å². The van der Waals surface area contributed by atoms with Crippen LogP contribution < -0.4 is 5.32 Å². The van der Waals surface area contributed by atoms with Crippen molar-refractivity contribution in [1.82, 2.24) is 5.32 Å². The third-order valence-electron chi connectivity index (χ3n) is 3.04. The van der Waals surface area contributed by atoms with Gasteiger partial charge in [-0.3, -0.25) is 0 Å². The first-order valence-electron chi connectivity index (χ1n) is 7.92. The lowest BCUT2D eigenvalue weighted by atomic mass is 10.1. The van der Waals surface area contributed by atoms with Crippen molar-refractivity contribution in [2.75, 3.05) is 52.8 Å². The van der Waals surface area contributed by atoms with Crippen LogP contribution in [0.15, 0.2) is 0 Å². The van der Waals surface area contributed by atoms with Crippen LogP contribution >= 0.6 is 0 Å². The van der Waals surface area contributed by atoms with E-state index in [1.807, 2.05) is 0 Å². The fraction of sp³-hybridized carbons (Fsp3) is 1.00. The van der Waals surface area contributed by atoms with Gasteiger partial charge in [0.2, 0.25) is 0 Å². The number of unbranched alkanes of at least 4 members (excludes halogenated alkanes) is 1. The molecule has 0 radical (unpaired) electrons. The summed E-state index contributed by atoms with van der Waals surface area (Å²) in [5.74, 6) is 0. The number of ether oxygens (including phenoxy) is 3. The van der Waals surface area contributed by atoms with E-state index in [0.717, 1.165) is 32.4 Å². The summed E-state index contributed by atoms with van der Waals surface area (Å²) in [7, 11) is 0. The Hall–Kier alpha value is -0.200. The van der Waals surface area contributed by atoms with E-state index in [0.29, 0.717) is 39.1 Å². The van der Waals surface area contributed by atoms with Crippen molar-refractivity contribution in [2.45, 2.75) is 45.6 Å². The molecule has 0 amide bonds. The first-order valence-corrected chi connectivity index (χ1v) is 7.92. The molecule has 0 aliphatic heterocycles. The number of aliphatic hydroxyl groups is 1. The molecular weight excluding hydrogens is 258 g/mol. The summed E-state index contributed by atoms with van der Waals surface area (Å²) >= 11 is 0. The minimum Gasteiger partial charge on any atom is -0.396 e. The van der Waals surface area contributed by atoms with Gasteiger partial charge in [0, 0.05) is 25.8 Å². The highest BCUT2D eigenvalue weighted by molar-refractivity contribution is 4.63. The van der Waals surface area contributed by atoms with Crippen molar-refractivity contribution >= 4 is 0 Å². The van der Waals surface area contributed by atoms with Crippen molar-refractivity contribution < 1.29 is 19.3 Å². The Kier molecular flexibility index (Phi) is 16.7. The van der Waals surface area contributed by atoms with Crippen LogP contribution in [0.25, 0.3) is 0 Å². The predicted octanol–water partition coefficient (Wildman–Crippen LogP) is 1.59. The largest absolute Gasteiger partial charge is 0.396 e. The molecule has 2 N–H and O–H groups in total. The van der Waals surface area contributed by atoms with E-state index in [4.69, 9.17) is 19.3 Å². The Morgan fingerprint density at radius 1 is 0.900 bits per heavy atom. The first kappa shape index (κ1) is 19.8. The molecule has 0 aliphatic rings. The molecule has 122 valence electrons. The lowest BCUT2D eigenvalue weighted by Gasteiger charge is -2.15. The number of nitrogens with one attached hydrogen (secondary N) is 1. The van der Waals surface area contributed by atoms with Crippen molar-refractivity contribution in [3.63, 3.8) is 0 Å². The third-order valence-corrected chi connectivity index (χ3v) is 3.04.